The van der Waals surface area contributed by atoms with E-state index in [0.717, 1.165) is 39.9 Å². The van der Waals surface area contributed by atoms with Gasteiger partial charge in [-0.2, -0.15) is 10.1 Å². The van der Waals surface area contributed by atoms with E-state index >= 15 is 0 Å². The molecular formula is C23H21N5O2. The molecule has 1 N–H and O–H groups in total. The molecule has 0 atom stereocenters. The highest BCUT2D eigenvalue weighted by molar-refractivity contribution is 5.89. The molecule has 0 bridgehead atoms. The summed E-state index contributed by atoms with van der Waals surface area (Å²) in [6, 6.07) is 20.0. The zero-order valence-electron chi connectivity index (χ0n) is 16.6. The Labute approximate surface area is 173 Å². The Morgan fingerprint density at radius 3 is 2.57 bits per heavy atom. The number of rotatable bonds is 6. The highest BCUT2D eigenvalue weighted by atomic mass is 16.5. The van der Waals surface area contributed by atoms with E-state index in [0.29, 0.717) is 18.3 Å². The van der Waals surface area contributed by atoms with Crippen molar-refractivity contribution in [3.63, 3.8) is 0 Å². The van der Waals surface area contributed by atoms with Gasteiger partial charge in [0.05, 0.1) is 29.7 Å². The maximum atomic E-state index is 9.44. The standard InChI is InChI=1S/C23H21N5O2/c1-2-28-20-8-5-13-24-22(20)21(26-28)16-9-11-17(12-10-16)30-23-25-18-6-3-4-7-19(18)27(23)14-15-29/h3-13,29H,2,14-15H2,1H3. The summed E-state index contributed by atoms with van der Waals surface area (Å²) < 4.78 is 9.89. The van der Waals surface area contributed by atoms with Gasteiger partial charge >= 0.3 is 6.01 Å². The van der Waals surface area contributed by atoms with Crippen molar-refractivity contribution < 1.29 is 9.84 Å². The molecular weight excluding hydrogens is 378 g/mol. The minimum atomic E-state index is 0.00974. The highest BCUT2D eigenvalue weighted by Gasteiger charge is 2.14. The van der Waals surface area contributed by atoms with Gasteiger partial charge in [-0.15, -0.1) is 0 Å². The molecule has 0 amide bonds. The Balaban J connectivity index is 1.48. The van der Waals surface area contributed by atoms with Gasteiger partial charge in [-0.1, -0.05) is 12.1 Å². The van der Waals surface area contributed by atoms with Crippen molar-refractivity contribution in [1.82, 2.24) is 24.3 Å². The molecule has 0 spiro atoms. The first-order valence-corrected chi connectivity index (χ1v) is 9.94. The van der Waals surface area contributed by atoms with Crippen molar-refractivity contribution in [2.24, 2.45) is 0 Å². The van der Waals surface area contributed by atoms with Gasteiger partial charge in [0.2, 0.25) is 0 Å². The van der Waals surface area contributed by atoms with Crippen LogP contribution < -0.4 is 4.74 Å². The van der Waals surface area contributed by atoms with Gasteiger partial charge in [0.15, 0.2) is 0 Å². The zero-order valence-corrected chi connectivity index (χ0v) is 16.6. The Morgan fingerprint density at radius 2 is 1.77 bits per heavy atom. The molecule has 0 radical (unpaired) electrons. The number of aliphatic hydroxyl groups is 1. The Bertz CT molecular complexity index is 1320. The lowest BCUT2D eigenvalue weighted by molar-refractivity contribution is 0.269. The van der Waals surface area contributed by atoms with Gasteiger partial charge < -0.3 is 9.84 Å². The summed E-state index contributed by atoms with van der Waals surface area (Å²) in [5, 5.41) is 14.2. The van der Waals surface area contributed by atoms with Crippen LogP contribution in [-0.2, 0) is 13.1 Å². The fourth-order valence-corrected chi connectivity index (χ4v) is 3.68. The van der Waals surface area contributed by atoms with Crippen molar-refractivity contribution in [3.8, 4) is 23.0 Å². The van der Waals surface area contributed by atoms with Crippen LogP contribution in [0.15, 0.2) is 66.9 Å². The molecule has 0 aliphatic carbocycles. The van der Waals surface area contributed by atoms with Crippen LogP contribution in [0.1, 0.15) is 6.92 Å². The second-order valence-corrected chi connectivity index (χ2v) is 6.92. The second kappa shape index (κ2) is 7.61. The number of aryl methyl sites for hydroxylation is 1. The van der Waals surface area contributed by atoms with Crippen LogP contribution in [0.4, 0.5) is 0 Å². The van der Waals surface area contributed by atoms with Crippen LogP contribution in [0.25, 0.3) is 33.3 Å². The van der Waals surface area contributed by atoms with Gasteiger partial charge in [-0.25, -0.2) is 0 Å². The molecule has 7 heteroatoms. The predicted octanol–water partition coefficient (Wildman–Crippen LogP) is 4.25. The summed E-state index contributed by atoms with van der Waals surface area (Å²) in [6.07, 6.45) is 1.79. The minimum Gasteiger partial charge on any atom is -0.425 e. The molecule has 0 saturated heterocycles. The number of pyridine rings is 1. The Hall–Kier alpha value is -3.71. The first-order chi connectivity index (χ1) is 14.8. The van der Waals surface area contributed by atoms with Gasteiger partial charge in [-0.3, -0.25) is 14.2 Å². The van der Waals surface area contributed by atoms with Crippen molar-refractivity contribution in [2.75, 3.05) is 6.61 Å². The summed E-state index contributed by atoms with van der Waals surface area (Å²) in [4.78, 5) is 9.09. The van der Waals surface area contributed by atoms with Crippen molar-refractivity contribution in [2.45, 2.75) is 20.0 Å². The van der Waals surface area contributed by atoms with E-state index in [2.05, 4.69) is 16.9 Å². The molecule has 5 aromatic rings. The first-order valence-electron chi connectivity index (χ1n) is 9.94. The van der Waals surface area contributed by atoms with E-state index in [4.69, 9.17) is 9.84 Å². The average Bonchev–Trinajstić information content (AvgIpc) is 3.33. The normalized spacial score (nSPS) is 11.4. The van der Waals surface area contributed by atoms with Crippen LogP contribution >= 0.6 is 0 Å². The number of benzene rings is 2. The lowest BCUT2D eigenvalue weighted by Gasteiger charge is -2.09. The summed E-state index contributed by atoms with van der Waals surface area (Å²) in [5.74, 6) is 0.667. The van der Waals surface area contributed by atoms with Gasteiger partial charge in [-0.05, 0) is 55.5 Å². The molecule has 0 aliphatic heterocycles. The number of nitrogens with zero attached hydrogens (tertiary/aromatic N) is 5. The third-order valence-corrected chi connectivity index (χ3v) is 5.09. The molecule has 150 valence electrons. The molecule has 30 heavy (non-hydrogen) atoms. The van der Waals surface area contributed by atoms with Crippen LogP contribution in [0.2, 0.25) is 0 Å². The number of aromatic nitrogens is 5. The minimum absolute atomic E-state index is 0.00974. The number of para-hydroxylation sites is 2. The summed E-state index contributed by atoms with van der Waals surface area (Å²) in [6.45, 7) is 3.28. The average molecular weight is 399 g/mol. The van der Waals surface area contributed by atoms with Gasteiger partial charge in [0.1, 0.15) is 17.0 Å². The number of hydrogen-bond acceptors (Lipinski definition) is 5. The molecule has 0 unspecified atom stereocenters. The zero-order chi connectivity index (χ0) is 20.5. The van der Waals surface area contributed by atoms with Gasteiger partial charge in [0.25, 0.3) is 0 Å². The molecule has 2 aromatic carbocycles. The first kappa shape index (κ1) is 18.3. The summed E-state index contributed by atoms with van der Waals surface area (Å²) in [7, 11) is 0. The maximum Gasteiger partial charge on any atom is 0.303 e. The van der Waals surface area contributed by atoms with Gasteiger partial charge in [0, 0.05) is 18.3 Å². The van der Waals surface area contributed by atoms with E-state index in [1.54, 1.807) is 6.20 Å². The molecule has 0 aliphatic rings. The topological polar surface area (TPSA) is 78.0 Å². The SMILES string of the molecule is CCn1nc(-c2ccc(Oc3nc4ccccc4n3CCO)cc2)c2ncccc21. The Kier molecular flexibility index (Phi) is 4.65. The summed E-state index contributed by atoms with van der Waals surface area (Å²) >= 11 is 0. The lowest BCUT2D eigenvalue weighted by Crippen LogP contribution is -2.04. The highest BCUT2D eigenvalue weighted by Crippen LogP contribution is 2.30. The molecule has 7 nitrogen and oxygen atoms in total. The number of fused-ring (bicyclic) bond motifs is 2. The van der Waals surface area contributed by atoms with Crippen LogP contribution in [0, 0.1) is 0 Å². The molecule has 0 fully saturated rings. The van der Waals surface area contributed by atoms with Crippen LogP contribution in [0.5, 0.6) is 11.8 Å². The lowest BCUT2D eigenvalue weighted by atomic mass is 10.1. The van der Waals surface area contributed by atoms with E-state index in [1.807, 2.05) is 69.9 Å². The van der Waals surface area contributed by atoms with Crippen LogP contribution in [-0.4, -0.2) is 36.0 Å². The number of hydrogen-bond donors (Lipinski definition) is 1. The largest absolute Gasteiger partial charge is 0.425 e. The van der Waals surface area contributed by atoms with Crippen molar-refractivity contribution in [3.05, 3.63) is 66.9 Å². The second-order valence-electron chi connectivity index (χ2n) is 6.92. The van der Waals surface area contributed by atoms with Crippen LogP contribution in [0.3, 0.4) is 0 Å². The van der Waals surface area contributed by atoms with E-state index in [9.17, 15) is 5.11 Å². The van der Waals surface area contributed by atoms with E-state index in [-0.39, 0.29) is 6.61 Å². The number of ether oxygens (including phenoxy) is 1. The fourth-order valence-electron chi connectivity index (χ4n) is 3.68. The molecule has 3 heterocycles. The van der Waals surface area contributed by atoms with E-state index < -0.39 is 0 Å². The number of aliphatic hydroxyl groups excluding tert-OH is 1. The molecule has 5 rings (SSSR count). The molecule has 0 saturated carbocycles. The third kappa shape index (κ3) is 3.09. The molecule has 3 aromatic heterocycles. The number of imidazole rings is 1. The predicted molar refractivity (Wildman–Crippen MR) is 116 cm³/mol. The summed E-state index contributed by atoms with van der Waals surface area (Å²) in [5.41, 5.74) is 5.50. The van der Waals surface area contributed by atoms with E-state index in [1.165, 1.54) is 0 Å². The fraction of sp³-hybridized carbons (Fsp3) is 0.174. The smallest absolute Gasteiger partial charge is 0.303 e. The quantitative estimate of drug-likeness (QED) is 0.462. The maximum absolute atomic E-state index is 9.44. The van der Waals surface area contributed by atoms with Crippen molar-refractivity contribution >= 4 is 22.1 Å². The monoisotopic (exact) mass is 399 g/mol. The van der Waals surface area contributed by atoms with Crippen molar-refractivity contribution in [1.29, 1.82) is 0 Å². The third-order valence-electron chi connectivity index (χ3n) is 5.09. The Morgan fingerprint density at radius 1 is 0.967 bits per heavy atom.